The van der Waals surface area contributed by atoms with Crippen molar-refractivity contribution in [2.24, 2.45) is 5.84 Å². The van der Waals surface area contributed by atoms with E-state index in [4.69, 9.17) is 29.0 Å². The molecule has 112 valence electrons. The van der Waals surface area contributed by atoms with Gasteiger partial charge in [0.1, 0.15) is 5.82 Å². The fraction of sp³-hybridized carbons (Fsp3) is 0.0909. The van der Waals surface area contributed by atoms with E-state index < -0.39 is 11.9 Å². The number of hydrogen-bond acceptors (Lipinski definition) is 5. The van der Waals surface area contributed by atoms with E-state index in [0.717, 1.165) is 6.07 Å². The number of hydrogen-bond donors (Lipinski definition) is 3. The molecule has 10 heteroatoms. The van der Waals surface area contributed by atoms with Crippen LogP contribution >= 0.6 is 23.2 Å². The van der Waals surface area contributed by atoms with Crippen LogP contribution in [0.3, 0.4) is 0 Å². The molecule has 4 N–H and O–H groups in total. The molecule has 0 aliphatic carbocycles. The number of nitrogens with zero attached hydrogens (tertiary/aromatic N) is 2. The Balaban J connectivity index is 2.36. The Bertz CT molecular complexity index is 663. The maximum absolute atomic E-state index is 12.7. The summed E-state index contributed by atoms with van der Waals surface area (Å²) in [5, 5.41) is 3.25. The summed E-state index contributed by atoms with van der Waals surface area (Å²) in [6, 6.07) is 5.25. The zero-order valence-corrected chi connectivity index (χ0v) is 11.7. The minimum atomic E-state index is -4.62. The zero-order valence-electron chi connectivity index (χ0n) is 10.2. The Morgan fingerprint density at radius 1 is 1.05 bits per heavy atom. The summed E-state index contributed by atoms with van der Waals surface area (Å²) in [7, 11) is 0. The molecule has 0 spiro atoms. The molecule has 0 aliphatic rings. The molecular weight excluding hydrogens is 330 g/mol. The molecule has 0 aliphatic heterocycles. The number of halogens is 5. The van der Waals surface area contributed by atoms with Gasteiger partial charge in [0.2, 0.25) is 5.95 Å². The van der Waals surface area contributed by atoms with Crippen LogP contribution in [0.2, 0.25) is 10.0 Å². The van der Waals surface area contributed by atoms with Crippen LogP contribution in [0.5, 0.6) is 0 Å². The first-order valence-electron chi connectivity index (χ1n) is 5.44. The van der Waals surface area contributed by atoms with Crippen LogP contribution in [-0.4, -0.2) is 9.97 Å². The first-order chi connectivity index (χ1) is 9.79. The van der Waals surface area contributed by atoms with Crippen molar-refractivity contribution in [2.45, 2.75) is 6.18 Å². The van der Waals surface area contributed by atoms with E-state index in [1.165, 1.54) is 12.1 Å². The second-order valence-electron chi connectivity index (χ2n) is 3.86. The monoisotopic (exact) mass is 337 g/mol. The maximum atomic E-state index is 12.7. The van der Waals surface area contributed by atoms with Crippen LogP contribution in [-0.2, 0) is 6.18 Å². The standard InChI is InChI=1S/C11H8Cl2F3N5/c12-6-2-1-5(3-7(6)13)18-9-4-8(11(14,15)16)19-10(20-9)21-17/h1-4H,17H2,(H2,18,19,20,21). The van der Waals surface area contributed by atoms with E-state index in [0.29, 0.717) is 10.7 Å². The highest BCUT2D eigenvalue weighted by atomic mass is 35.5. The smallest absolute Gasteiger partial charge is 0.340 e. The molecule has 0 saturated heterocycles. The van der Waals surface area contributed by atoms with E-state index in [2.05, 4.69) is 15.3 Å². The van der Waals surface area contributed by atoms with Crippen molar-refractivity contribution in [3.8, 4) is 0 Å². The number of nitrogen functional groups attached to an aromatic ring is 1. The van der Waals surface area contributed by atoms with Crippen LogP contribution in [0, 0.1) is 0 Å². The molecule has 2 aromatic rings. The summed E-state index contributed by atoms with van der Waals surface area (Å²) in [5.41, 5.74) is 1.26. The largest absolute Gasteiger partial charge is 0.433 e. The summed E-state index contributed by atoms with van der Waals surface area (Å²) in [5.74, 6) is 4.60. The van der Waals surface area contributed by atoms with Crippen LogP contribution in [0.15, 0.2) is 24.3 Å². The van der Waals surface area contributed by atoms with Crippen LogP contribution < -0.4 is 16.6 Å². The lowest BCUT2D eigenvalue weighted by atomic mass is 10.3. The highest BCUT2D eigenvalue weighted by molar-refractivity contribution is 6.42. The summed E-state index contributed by atoms with van der Waals surface area (Å²) >= 11 is 11.6. The Labute approximate surface area is 127 Å². The number of anilines is 3. The molecule has 1 aromatic heterocycles. The molecule has 5 nitrogen and oxygen atoms in total. The predicted molar refractivity (Wildman–Crippen MR) is 74.6 cm³/mol. The van der Waals surface area contributed by atoms with E-state index in [1.807, 2.05) is 5.43 Å². The number of rotatable bonds is 3. The minimum absolute atomic E-state index is 0.0938. The van der Waals surface area contributed by atoms with Crippen LogP contribution in [0.25, 0.3) is 0 Å². The number of nitrogens with two attached hydrogens (primary N) is 1. The SMILES string of the molecule is NNc1nc(Nc2ccc(Cl)c(Cl)c2)cc(C(F)(F)F)n1. The highest BCUT2D eigenvalue weighted by Crippen LogP contribution is 2.31. The molecule has 0 bridgehead atoms. The molecular formula is C11H8Cl2F3N5. The van der Waals surface area contributed by atoms with E-state index in [1.54, 1.807) is 6.07 Å². The van der Waals surface area contributed by atoms with Gasteiger partial charge in [0.25, 0.3) is 0 Å². The highest BCUT2D eigenvalue weighted by Gasteiger charge is 2.33. The van der Waals surface area contributed by atoms with Crippen molar-refractivity contribution in [2.75, 3.05) is 10.7 Å². The average molecular weight is 338 g/mol. The molecule has 0 saturated carbocycles. The third kappa shape index (κ3) is 3.87. The summed E-state index contributed by atoms with van der Waals surface area (Å²) in [4.78, 5) is 7.02. The van der Waals surface area contributed by atoms with Gasteiger partial charge in [-0.15, -0.1) is 0 Å². The summed E-state index contributed by atoms with van der Waals surface area (Å²) < 4.78 is 38.1. The first-order valence-corrected chi connectivity index (χ1v) is 6.20. The fourth-order valence-electron chi connectivity index (χ4n) is 1.44. The van der Waals surface area contributed by atoms with Crippen molar-refractivity contribution < 1.29 is 13.2 Å². The van der Waals surface area contributed by atoms with E-state index in [9.17, 15) is 13.2 Å². The Morgan fingerprint density at radius 2 is 1.76 bits per heavy atom. The van der Waals surface area contributed by atoms with Gasteiger partial charge in [0.05, 0.1) is 10.0 Å². The topological polar surface area (TPSA) is 75.9 Å². The molecule has 1 heterocycles. The van der Waals surface area contributed by atoms with Gasteiger partial charge in [-0.05, 0) is 18.2 Å². The second kappa shape index (κ2) is 5.92. The van der Waals surface area contributed by atoms with Gasteiger partial charge in [-0.3, -0.25) is 5.43 Å². The van der Waals surface area contributed by atoms with Crippen molar-refractivity contribution in [1.82, 2.24) is 9.97 Å². The van der Waals surface area contributed by atoms with Gasteiger partial charge < -0.3 is 5.32 Å². The molecule has 0 unspecified atom stereocenters. The average Bonchev–Trinajstić information content (AvgIpc) is 2.41. The van der Waals surface area contributed by atoms with Gasteiger partial charge in [-0.25, -0.2) is 10.8 Å². The van der Waals surface area contributed by atoms with Gasteiger partial charge in [-0.1, -0.05) is 23.2 Å². The summed E-state index contributed by atoms with van der Waals surface area (Å²) in [6.45, 7) is 0. The third-order valence-electron chi connectivity index (χ3n) is 2.34. The Kier molecular flexibility index (Phi) is 4.40. The Hall–Kier alpha value is -1.77. The molecule has 0 fully saturated rings. The van der Waals surface area contributed by atoms with Gasteiger partial charge >= 0.3 is 6.18 Å². The normalized spacial score (nSPS) is 11.3. The third-order valence-corrected chi connectivity index (χ3v) is 3.08. The lowest BCUT2D eigenvalue weighted by molar-refractivity contribution is -0.141. The van der Waals surface area contributed by atoms with Crippen molar-refractivity contribution >= 4 is 40.7 Å². The molecule has 0 amide bonds. The zero-order chi connectivity index (χ0) is 15.6. The van der Waals surface area contributed by atoms with Crippen LogP contribution in [0.4, 0.5) is 30.6 Å². The molecule has 21 heavy (non-hydrogen) atoms. The lowest BCUT2D eigenvalue weighted by Crippen LogP contribution is -2.16. The number of nitrogens with one attached hydrogen (secondary N) is 2. The fourth-order valence-corrected chi connectivity index (χ4v) is 1.74. The second-order valence-corrected chi connectivity index (χ2v) is 4.67. The summed E-state index contributed by atoms with van der Waals surface area (Å²) in [6.07, 6.45) is -4.62. The first kappa shape index (κ1) is 15.6. The maximum Gasteiger partial charge on any atom is 0.433 e. The number of benzene rings is 1. The number of aromatic nitrogens is 2. The number of alkyl halides is 3. The quantitative estimate of drug-likeness (QED) is 0.586. The van der Waals surface area contributed by atoms with Gasteiger partial charge in [0, 0.05) is 11.8 Å². The predicted octanol–water partition coefficient (Wildman–Crippen LogP) is 3.83. The molecule has 2 rings (SSSR count). The Morgan fingerprint density at radius 3 is 2.33 bits per heavy atom. The van der Waals surface area contributed by atoms with Crippen molar-refractivity contribution in [3.63, 3.8) is 0 Å². The lowest BCUT2D eigenvalue weighted by Gasteiger charge is -2.11. The van der Waals surface area contributed by atoms with Gasteiger partial charge in [-0.2, -0.15) is 18.2 Å². The molecule has 0 atom stereocenters. The van der Waals surface area contributed by atoms with Gasteiger partial charge in [0.15, 0.2) is 5.69 Å². The molecule has 0 radical (unpaired) electrons. The number of hydrazine groups is 1. The minimum Gasteiger partial charge on any atom is -0.340 e. The van der Waals surface area contributed by atoms with Crippen molar-refractivity contribution in [3.05, 3.63) is 40.0 Å². The van der Waals surface area contributed by atoms with E-state index in [-0.39, 0.29) is 16.8 Å². The van der Waals surface area contributed by atoms with Crippen LogP contribution in [0.1, 0.15) is 5.69 Å². The molecule has 1 aromatic carbocycles. The van der Waals surface area contributed by atoms with E-state index >= 15 is 0 Å². The van der Waals surface area contributed by atoms with Crippen molar-refractivity contribution in [1.29, 1.82) is 0 Å².